The second-order valence-corrected chi connectivity index (χ2v) is 5.75. The maximum atomic E-state index is 13.1. The molecule has 0 aliphatic heterocycles. The summed E-state index contributed by atoms with van der Waals surface area (Å²) in [6, 6.07) is 6.58. The largest absolute Gasteiger partial charge is 0.347 e. The summed E-state index contributed by atoms with van der Waals surface area (Å²) in [4.78, 5) is 16.1. The minimum Gasteiger partial charge on any atom is -0.347 e. The second kappa shape index (κ2) is 6.51. The molecule has 0 spiro atoms. The van der Waals surface area contributed by atoms with Crippen LogP contribution in [-0.2, 0) is 6.54 Å². The third-order valence-corrected chi connectivity index (χ3v) is 4.21. The Bertz CT molecular complexity index is 649. The van der Waals surface area contributed by atoms with Crippen molar-refractivity contribution in [2.75, 3.05) is 0 Å². The molecule has 1 aromatic carbocycles. The van der Waals surface area contributed by atoms with Crippen molar-refractivity contribution in [2.45, 2.75) is 24.9 Å². The van der Waals surface area contributed by atoms with E-state index in [2.05, 4.69) is 10.3 Å². The van der Waals surface area contributed by atoms with Gasteiger partial charge in [0, 0.05) is 23.9 Å². The number of nitrogens with zero attached hydrogens (tertiary/aromatic N) is 1. The Morgan fingerprint density at radius 2 is 2.33 bits per heavy atom. The number of thiazole rings is 1. The molecule has 3 rings (SSSR count). The first-order valence-corrected chi connectivity index (χ1v) is 7.26. The maximum Gasteiger partial charge on any atom is 0.270 e. The number of nitrogens with one attached hydrogen (secondary N) is 1. The number of hydrogen-bond donors (Lipinski definition) is 2. The first-order valence-electron chi connectivity index (χ1n) is 6.38. The molecule has 0 bridgehead atoms. The number of amides is 1. The van der Waals surface area contributed by atoms with E-state index >= 15 is 0 Å². The number of rotatable bonds is 4. The molecule has 1 aliphatic carbocycles. The van der Waals surface area contributed by atoms with Crippen molar-refractivity contribution < 1.29 is 9.18 Å². The molecule has 1 fully saturated rings. The zero-order valence-electron chi connectivity index (χ0n) is 11.1. The number of carbonyl (C=O) groups is 1. The maximum absolute atomic E-state index is 13.1. The molecular formula is C14H15ClFN3OS. The van der Waals surface area contributed by atoms with Gasteiger partial charge in [0.2, 0.25) is 0 Å². The lowest BCUT2D eigenvalue weighted by Crippen LogP contribution is -2.26. The van der Waals surface area contributed by atoms with Gasteiger partial charge in [0.05, 0.1) is 0 Å². The number of halogens is 2. The Hall–Kier alpha value is -1.50. The Labute approximate surface area is 132 Å². The van der Waals surface area contributed by atoms with Crippen molar-refractivity contribution in [3.63, 3.8) is 0 Å². The lowest BCUT2D eigenvalue weighted by molar-refractivity contribution is 0.0946. The van der Waals surface area contributed by atoms with E-state index < -0.39 is 0 Å². The molecule has 2 aromatic rings. The molecule has 1 heterocycles. The quantitative estimate of drug-likeness (QED) is 0.906. The van der Waals surface area contributed by atoms with Gasteiger partial charge in [-0.1, -0.05) is 12.1 Å². The fourth-order valence-electron chi connectivity index (χ4n) is 2.21. The van der Waals surface area contributed by atoms with Gasteiger partial charge in [-0.25, -0.2) is 9.37 Å². The van der Waals surface area contributed by atoms with E-state index in [1.807, 2.05) is 6.07 Å². The highest BCUT2D eigenvalue weighted by Crippen LogP contribution is 2.41. The summed E-state index contributed by atoms with van der Waals surface area (Å²) < 4.78 is 13.1. The van der Waals surface area contributed by atoms with E-state index in [9.17, 15) is 9.18 Å². The summed E-state index contributed by atoms with van der Waals surface area (Å²) in [7, 11) is 0. The van der Waals surface area contributed by atoms with Crippen molar-refractivity contribution in [1.82, 2.24) is 10.3 Å². The van der Waals surface area contributed by atoms with Crippen LogP contribution in [0.2, 0.25) is 0 Å². The van der Waals surface area contributed by atoms with E-state index in [-0.39, 0.29) is 36.1 Å². The fraction of sp³-hybridized carbons (Fsp3) is 0.286. The van der Waals surface area contributed by atoms with Gasteiger partial charge in [-0.05, 0) is 24.1 Å². The first kappa shape index (κ1) is 15.9. The van der Waals surface area contributed by atoms with Crippen LogP contribution >= 0.6 is 23.7 Å². The summed E-state index contributed by atoms with van der Waals surface area (Å²) >= 11 is 1.38. The Kier molecular flexibility index (Phi) is 4.92. The minimum atomic E-state index is -0.244. The Morgan fingerprint density at radius 3 is 3.00 bits per heavy atom. The average molecular weight is 328 g/mol. The van der Waals surface area contributed by atoms with E-state index in [0.29, 0.717) is 12.2 Å². The number of nitrogens with two attached hydrogens (primary N) is 1. The Morgan fingerprint density at radius 1 is 1.52 bits per heavy atom. The summed E-state index contributed by atoms with van der Waals surface area (Å²) in [5, 5.41) is 5.37. The van der Waals surface area contributed by atoms with Gasteiger partial charge < -0.3 is 11.1 Å². The van der Waals surface area contributed by atoms with Crippen LogP contribution in [0, 0.1) is 5.82 Å². The monoisotopic (exact) mass is 327 g/mol. The zero-order chi connectivity index (χ0) is 14.1. The predicted molar refractivity (Wildman–Crippen MR) is 82.3 cm³/mol. The molecule has 21 heavy (non-hydrogen) atoms. The molecule has 1 amide bonds. The van der Waals surface area contributed by atoms with E-state index in [4.69, 9.17) is 5.73 Å². The summed E-state index contributed by atoms with van der Waals surface area (Å²) in [6.07, 6.45) is 0.836. The highest BCUT2D eigenvalue weighted by molar-refractivity contribution is 7.09. The van der Waals surface area contributed by atoms with Gasteiger partial charge in [-0.3, -0.25) is 4.79 Å². The van der Waals surface area contributed by atoms with Crippen molar-refractivity contribution in [3.05, 3.63) is 51.7 Å². The second-order valence-electron chi connectivity index (χ2n) is 4.81. The van der Waals surface area contributed by atoms with Crippen molar-refractivity contribution in [1.29, 1.82) is 0 Å². The average Bonchev–Trinajstić information content (AvgIpc) is 3.03. The van der Waals surface area contributed by atoms with Crippen LogP contribution in [-0.4, -0.2) is 16.9 Å². The molecular weight excluding hydrogens is 313 g/mol. The molecule has 3 N–H and O–H groups in total. The van der Waals surface area contributed by atoms with E-state index in [0.717, 1.165) is 17.0 Å². The SMILES string of the molecule is Cl.NCc1nc(C(=O)NC2CC2c2cccc(F)c2)cs1. The van der Waals surface area contributed by atoms with E-state index in [1.165, 1.54) is 23.5 Å². The molecule has 1 aliphatic rings. The smallest absolute Gasteiger partial charge is 0.270 e. The number of benzene rings is 1. The van der Waals surface area contributed by atoms with Gasteiger partial charge in [0.1, 0.15) is 16.5 Å². The summed E-state index contributed by atoms with van der Waals surface area (Å²) in [6.45, 7) is 0.341. The molecule has 2 unspecified atom stereocenters. The molecule has 1 saturated carbocycles. The van der Waals surface area contributed by atoms with Gasteiger partial charge in [-0.15, -0.1) is 23.7 Å². The third-order valence-electron chi connectivity index (χ3n) is 3.34. The highest BCUT2D eigenvalue weighted by atomic mass is 35.5. The standard InChI is InChI=1S/C14H14FN3OS.ClH/c15-9-3-1-2-8(4-9)10-5-11(10)18-14(19)12-7-20-13(6-16)17-12;/h1-4,7,10-11H,5-6,16H2,(H,18,19);1H. The van der Waals surface area contributed by atoms with Crippen molar-refractivity contribution >= 4 is 29.7 Å². The summed E-state index contributed by atoms with van der Waals surface area (Å²) in [5.41, 5.74) is 6.80. The van der Waals surface area contributed by atoms with Crippen LogP contribution in [0.5, 0.6) is 0 Å². The van der Waals surface area contributed by atoms with E-state index in [1.54, 1.807) is 11.4 Å². The van der Waals surface area contributed by atoms with Crippen LogP contribution in [0.1, 0.15) is 33.4 Å². The fourth-order valence-corrected chi connectivity index (χ4v) is 2.87. The lowest BCUT2D eigenvalue weighted by atomic mass is 10.1. The van der Waals surface area contributed by atoms with Gasteiger partial charge in [0.15, 0.2) is 0 Å². The Balaban J connectivity index is 0.00000161. The highest BCUT2D eigenvalue weighted by Gasteiger charge is 2.40. The topological polar surface area (TPSA) is 68.0 Å². The molecule has 7 heteroatoms. The molecule has 0 radical (unpaired) electrons. The van der Waals surface area contributed by atoms with Crippen LogP contribution < -0.4 is 11.1 Å². The zero-order valence-corrected chi connectivity index (χ0v) is 12.7. The van der Waals surface area contributed by atoms with Gasteiger partial charge >= 0.3 is 0 Å². The number of aromatic nitrogens is 1. The van der Waals surface area contributed by atoms with Crippen molar-refractivity contribution in [3.8, 4) is 0 Å². The molecule has 112 valence electrons. The van der Waals surface area contributed by atoms with Crippen LogP contribution in [0.3, 0.4) is 0 Å². The molecule has 1 aromatic heterocycles. The third kappa shape index (κ3) is 3.58. The normalized spacial score (nSPS) is 19.7. The van der Waals surface area contributed by atoms with Crippen molar-refractivity contribution in [2.24, 2.45) is 5.73 Å². The van der Waals surface area contributed by atoms with Crippen LogP contribution in [0.4, 0.5) is 4.39 Å². The molecule has 0 saturated heterocycles. The van der Waals surface area contributed by atoms with Gasteiger partial charge in [-0.2, -0.15) is 0 Å². The van der Waals surface area contributed by atoms with Crippen LogP contribution in [0.15, 0.2) is 29.6 Å². The predicted octanol–water partition coefficient (Wildman–Crippen LogP) is 2.45. The van der Waals surface area contributed by atoms with Crippen LogP contribution in [0.25, 0.3) is 0 Å². The minimum absolute atomic E-state index is 0. The number of hydrogen-bond acceptors (Lipinski definition) is 4. The van der Waals surface area contributed by atoms with Gasteiger partial charge in [0.25, 0.3) is 5.91 Å². The number of carbonyl (C=O) groups excluding carboxylic acids is 1. The molecule has 4 nitrogen and oxygen atoms in total. The first-order chi connectivity index (χ1) is 9.67. The molecule has 2 atom stereocenters. The lowest BCUT2D eigenvalue weighted by Gasteiger charge is -2.03. The summed E-state index contributed by atoms with van der Waals surface area (Å²) in [5.74, 6) is -0.237.